The Morgan fingerprint density at radius 1 is 1.47 bits per heavy atom. The van der Waals surface area contributed by atoms with Crippen LogP contribution in [0.25, 0.3) is 10.2 Å². The fourth-order valence-electron chi connectivity index (χ4n) is 1.86. The lowest BCUT2D eigenvalue weighted by Crippen LogP contribution is -2.33. The quantitative estimate of drug-likeness (QED) is 0.850. The average Bonchev–Trinajstić information content (AvgIpc) is 2.79. The van der Waals surface area contributed by atoms with Gasteiger partial charge in [-0.25, -0.2) is 4.98 Å². The minimum absolute atomic E-state index is 0.0141. The summed E-state index contributed by atoms with van der Waals surface area (Å²) in [6, 6.07) is 8.01. The molecule has 5 heteroatoms. The Hall–Kier alpha value is -1.46. The van der Waals surface area contributed by atoms with Crippen molar-refractivity contribution >= 4 is 27.5 Å². The van der Waals surface area contributed by atoms with E-state index in [-0.39, 0.29) is 18.6 Å². The zero-order chi connectivity index (χ0) is 13.7. The number of para-hydroxylation sites is 1. The van der Waals surface area contributed by atoms with Gasteiger partial charge in [-0.15, -0.1) is 11.3 Å². The highest BCUT2D eigenvalue weighted by atomic mass is 32.1. The number of fused-ring (bicyclic) bond motifs is 1. The third kappa shape index (κ3) is 4.01. The number of rotatable bonds is 6. The number of hydrogen-bond acceptors (Lipinski definition) is 4. The number of carbonyl (C=O) groups is 1. The molecule has 1 heterocycles. The molecule has 0 fully saturated rings. The van der Waals surface area contributed by atoms with Crippen molar-refractivity contribution in [3.8, 4) is 0 Å². The number of amides is 1. The molecule has 0 saturated heterocycles. The normalized spacial score (nSPS) is 12.5. The molecule has 1 aromatic carbocycles. The summed E-state index contributed by atoms with van der Waals surface area (Å²) in [6.07, 6.45) is 1.69. The molecular formula is C14H18N2O2S. The number of nitrogens with zero attached hydrogens (tertiary/aromatic N) is 1. The number of aryl methyl sites for hydroxylation is 1. The predicted molar refractivity (Wildman–Crippen MR) is 77.2 cm³/mol. The Balaban J connectivity index is 1.86. The van der Waals surface area contributed by atoms with Crippen molar-refractivity contribution in [2.75, 3.05) is 6.61 Å². The van der Waals surface area contributed by atoms with Crippen molar-refractivity contribution in [1.82, 2.24) is 10.3 Å². The van der Waals surface area contributed by atoms with Gasteiger partial charge in [0.1, 0.15) is 0 Å². The minimum atomic E-state index is 0.0141. The van der Waals surface area contributed by atoms with Gasteiger partial charge in [-0.2, -0.15) is 0 Å². The minimum Gasteiger partial charge on any atom is -0.396 e. The molecule has 1 amide bonds. The van der Waals surface area contributed by atoms with E-state index in [1.54, 1.807) is 11.3 Å². The van der Waals surface area contributed by atoms with Gasteiger partial charge in [-0.3, -0.25) is 4.79 Å². The molecule has 1 aromatic heterocycles. The van der Waals surface area contributed by atoms with E-state index >= 15 is 0 Å². The molecule has 2 aromatic rings. The van der Waals surface area contributed by atoms with Gasteiger partial charge < -0.3 is 10.4 Å². The molecule has 1 unspecified atom stereocenters. The lowest BCUT2D eigenvalue weighted by atomic mass is 10.2. The van der Waals surface area contributed by atoms with Gasteiger partial charge in [0.25, 0.3) is 0 Å². The molecule has 4 nitrogen and oxygen atoms in total. The number of carbonyl (C=O) groups excluding carboxylic acids is 1. The van der Waals surface area contributed by atoms with Gasteiger partial charge in [0.05, 0.1) is 15.2 Å². The van der Waals surface area contributed by atoms with E-state index in [4.69, 9.17) is 5.11 Å². The van der Waals surface area contributed by atoms with Crippen molar-refractivity contribution in [2.45, 2.75) is 32.2 Å². The maximum absolute atomic E-state index is 11.7. The van der Waals surface area contributed by atoms with E-state index < -0.39 is 0 Å². The highest BCUT2D eigenvalue weighted by Gasteiger charge is 2.09. The van der Waals surface area contributed by atoms with Crippen molar-refractivity contribution in [1.29, 1.82) is 0 Å². The summed E-state index contributed by atoms with van der Waals surface area (Å²) >= 11 is 1.64. The van der Waals surface area contributed by atoms with E-state index in [0.717, 1.165) is 15.2 Å². The van der Waals surface area contributed by atoms with Crippen LogP contribution in [-0.4, -0.2) is 28.6 Å². The first-order valence-electron chi connectivity index (χ1n) is 6.43. The summed E-state index contributed by atoms with van der Waals surface area (Å²) in [7, 11) is 0. The Kier molecular flexibility index (Phi) is 4.87. The van der Waals surface area contributed by atoms with Crippen LogP contribution in [0.15, 0.2) is 24.3 Å². The van der Waals surface area contributed by atoms with Crippen molar-refractivity contribution in [2.24, 2.45) is 0 Å². The lowest BCUT2D eigenvalue weighted by molar-refractivity contribution is -0.121. The molecule has 0 spiro atoms. The van der Waals surface area contributed by atoms with Crippen LogP contribution in [0, 0.1) is 0 Å². The first-order valence-corrected chi connectivity index (χ1v) is 7.25. The SMILES string of the molecule is CC(CCO)NC(=O)CCc1nc2ccccc2s1. The van der Waals surface area contributed by atoms with Crippen LogP contribution in [0.4, 0.5) is 0 Å². The standard InChI is InChI=1S/C14H18N2O2S/c1-10(8-9-17)15-13(18)6-7-14-16-11-4-2-3-5-12(11)19-14/h2-5,10,17H,6-9H2,1H3,(H,15,18). The predicted octanol–water partition coefficient (Wildman–Crippen LogP) is 2.12. The van der Waals surface area contributed by atoms with E-state index in [1.165, 1.54) is 0 Å². The Morgan fingerprint density at radius 3 is 3.00 bits per heavy atom. The fourth-order valence-corrected chi connectivity index (χ4v) is 2.83. The Labute approximate surface area is 116 Å². The molecule has 0 saturated carbocycles. The number of aromatic nitrogens is 1. The van der Waals surface area contributed by atoms with Crippen molar-refractivity contribution in [3.63, 3.8) is 0 Å². The smallest absolute Gasteiger partial charge is 0.220 e. The van der Waals surface area contributed by atoms with Crippen LogP contribution in [0.5, 0.6) is 0 Å². The number of aliphatic hydroxyl groups excluding tert-OH is 1. The molecule has 19 heavy (non-hydrogen) atoms. The third-order valence-corrected chi connectivity index (χ3v) is 3.97. The Morgan fingerprint density at radius 2 is 2.26 bits per heavy atom. The van der Waals surface area contributed by atoms with Crippen LogP contribution >= 0.6 is 11.3 Å². The van der Waals surface area contributed by atoms with Gasteiger partial charge in [-0.1, -0.05) is 12.1 Å². The van der Waals surface area contributed by atoms with Crippen LogP contribution in [-0.2, 0) is 11.2 Å². The highest BCUT2D eigenvalue weighted by molar-refractivity contribution is 7.18. The van der Waals surface area contributed by atoms with Gasteiger partial charge in [0, 0.05) is 25.5 Å². The monoisotopic (exact) mass is 278 g/mol. The molecule has 2 N–H and O–H groups in total. The number of thiazole rings is 1. The van der Waals surface area contributed by atoms with E-state index in [1.807, 2.05) is 31.2 Å². The summed E-state index contributed by atoms with van der Waals surface area (Å²) in [6.45, 7) is 1.99. The summed E-state index contributed by atoms with van der Waals surface area (Å²) < 4.78 is 1.16. The van der Waals surface area contributed by atoms with Crippen molar-refractivity contribution in [3.05, 3.63) is 29.3 Å². The second-order valence-electron chi connectivity index (χ2n) is 4.56. The lowest BCUT2D eigenvalue weighted by Gasteiger charge is -2.11. The number of benzene rings is 1. The van der Waals surface area contributed by atoms with Crippen LogP contribution in [0.2, 0.25) is 0 Å². The molecule has 0 radical (unpaired) electrons. The number of nitrogens with one attached hydrogen (secondary N) is 1. The molecular weight excluding hydrogens is 260 g/mol. The van der Waals surface area contributed by atoms with Gasteiger partial charge in [0.15, 0.2) is 0 Å². The molecule has 0 aliphatic heterocycles. The van der Waals surface area contributed by atoms with Crippen LogP contribution in [0.1, 0.15) is 24.8 Å². The zero-order valence-electron chi connectivity index (χ0n) is 10.9. The summed E-state index contributed by atoms with van der Waals surface area (Å²) in [5.74, 6) is 0.0141. The molecule has 0 aliphatic rings. The fraction of sp³-hybridized carbons (Fsp3) is 0.429. The number of hydrogen-bond donors (Lipinski definition) is 2. The molecule has 102 valence electrons. The first-order chi connectivity index (χ1) is 9.19. The zero-order valence-corrected chi connectivity index (χ0v) is 11.7. The largest absolute Gasteiger partial charge is 0.396 e. The van der Waals surface area contributed by atoms with Crippen LogP contribution < -0.4 is 5.32 Å². The summed E-state index contributed by atoms with van der Waals surface area (Å²) in [5.41, 5.74) is 0.997. The van der Waals surface area contributed by atoms with E-state index in [9.17, 15) is 4.79 Å². The maximum atomic E-state index is 11.7. The molecule has 1 atom stereocenters. The number of aliphatic hydroxyl groups is 1. The molecule has 2 rings (SSSR count). The molecule has 0 bridgehead atoms. The van der Waals surface area contributed by atoms with Gasteiger partial charge in [-0.05, 0) is 25.5 Å². The van der Waals surface area contributed by atoms with Crippen molar-refractivity contribution < 1.29 is 9.90 Å². The van der Waals surface area contributed by atoms with E-state index in [0.29, 0.717) is 19.3 Å². The average molecular weight is 278 g/mol. The summed E-state index contributed by atoms with van der Waals surface area (Å²) in [5, 5.41) is 12.6. The third-order valence-electron chi connectivity index (χ3n) is 2.87. The topological polar surface area (TPSA) is 62.2 Å². The first kappa shape index (κ1) is 14.0. The molecule has 0 aliphatic carbocycles. The highest BCUT2D eigenvalue weighted by Crippen LogP contribution is 2.22. The van der Waals surface area contributed by atoms with Crippen LogP contribution in [0.3, 0.4) is 0 Å². The second kappa shape index (κ2) is 6.63. The second-order valence-corrected chi connectivity index (χ2v) is 5.67. The summed E-state index contributed by atoms with van der Waals surface area (Å²) in [4.78, 5) is 16.2. The Bertz CT molecular complexity index is 520. The van der Waals surface area contributed by atoms with Gasteiger partial charge in [0.2, 0.25) is 5.91 Å². The van der Waals surface area contributed by atoms with Gasteiger partial charge >= 0.3 is 0 Å². The maximum Gasteiger partial charge on any atom is 0.220 e. The van der Waals surface area contributed by atoms with E-state index in [2.05, 4.69) is 10.3 Å².